The molecular weight excluding hydrogens is 208 g/mol. The standard InChI is InChI=1S/C9H19ClO2S/c1-3-7-13(11,12)8-5-6-9(10)4-2/h9H,3-8H2,1-2H3. The summed E-state index contributed by atoms with van der Waals surface area (Å²) in [5.74, 6) is 0.607. The highest BCUT2D eigenvalue weighted by atomic mass is 35.5. The van der Waals surface area contributed by atoms with Gasteiger partial charge in [-0.15, -0.1) is 11.6 Å². The lowest BCUT2D eigenvalue weighted by Crippen LogP contribution is -2.11. The minimum absolute atomic E-state index is 0.136. The number of alkyl halides is 1. The summed E-state index contributed by atoms with van der Waals surface area (Å²) in [5.41, 5.74) is 0. The zero-order valence-electron chi connectivity index (χ0n) is 8.42. The zero-order valence-corrected chi connectivity index (χ0v) is 10.00. The lowest BCUT2D eigenvalue weighted by Gasteiger charge is -2.05. The summed E-state index contributed by atoms with van der Waals surface area (Å²) in [7, 11) is -2.79. The molecule has 80 valence electrons. The van der Waals surface area contributed by atoms with Crippen molar-refractivity contribution in [3.8, 4) is 0 Å². The van der Waals surface area contributed by atoms with Crippen molar-refractivity contribution in [2.24, 2.45) is 0 Å². The lowest BCUT2D eigenvalue weighted by atomic mass is 10.2. The van der Waals surface area contributed by atoms with Gasteiger partial charge >= 0.3 is 0 Å². The number of sulfone groups is 1. The second-order valence-electron chi connectivity index (χ2n) is 3.30. The Morgan fingerprint density at radius 2 is 1.85 bits per heavy atom. The molecule has 2 nitrogen and oxygen atoms in total. The highest BCUT2D eigenvalue weighted by molar-refractivity contribution is 7.91. The molecule has 0 heterocycles. The highest BCUT2D eigenvalue weighted by Crippen LogP contribution is 2.10. The van der Waals surface area contributed by atoms with Crippen molar-refractivity contribution in [3.05, 3.63) is 0 Å². The Kier molecular flexibility index (Phi) is 6.78. The third kappa shape index (κ3) is 7.32. The van der Waals surface area contributed by atoms with Crippen LogP contribution in [-0.4, -0.2) is 25.3 Å². The van der Waals surface area contributed by atoms with Crippen LogP contribution in [0.5, 0.6) is 0 Å². The first-order valence-electron chi connectivity index (χ1n) is 4.86. The third-order valence-corrected chi connectivity index (χ3v) is 4.40. The molecule has 0 amide bonds. The molecule has 0 rings (SSSR count). The average molecular weight is 227 g/mol. The Morgan fingerprint density at radius 3 is 2.31 bits per heavy atom. The Balaban J connectivity index is 3.64. The topological polar surface area (TPSA) is 34.1 Å². The van der Waals surface area contributed by atoms with E-state index in [-0.39, 0.29) is 5.38 Å². The molecule has 1 atom stereocenters. The maximum atomic E-state index is 11.3. The van der Waals surface area contributed by atoms with E-state index in [1.165, 1.54) is 0 Å². The second-order valence-corrected chi connectivity index (χ2v) is 6.22. The quantitative estimate of drug-likeness (QED) is 0.626. The SMILES string of the molecule is CCCS(=O)(=O)CCCC(Cl)CC. The number of hydrogen-bond acceptors (Lipinski definition) is 2. The van der Waals surface area contributed by atoms with Crippen molar-refractivity contribution in [1.29, 1.82) is 0 Å². The van der Waals surface area contributed by atoms with Gasteiger partial charge in [-0.05, 0) is 25.7 Å². The van der Waals surface area contributed by atoms with E-state index in [1.54, 1.807) is 0 Å². The molecule has 0 N–H and O–H groups in total. The van der Waals surface area contributed by atoms with Crippen LogP contribution in [0, 0.1) is 0 Å². The third-order valence-electron chi connectivity index (χ3n) is 1.93. The summed E-state index contributed by atoms with van der Waals surface area (Å²) in [6, 6.07) is 0. The molecule has 1 unspecified atom stereocenters. The van der Waals surface area contributed by atoms with Gasteiger partial charge in [0.15, 0.2) is 0 Å². The molecule has 0 aliphatic heterocycles. The molecule has 0 radical (unpaired) electrons. The highest BCUT2D eigenvalue weighted by Gasteiger charge is 2.10. The maximum absolute atomic E-state index is 11.3. The molecule has 13 heavy (non-hydrogen) atoms. The Labute approximate surface area is 86.6 Å². The van der Waals surface area contributed by atoms with Crippen LogP contribution < -0.4 is 0 Å². The van der Waals surface area contributed by atoms with Crippen molar-refractivity contribution in [2.45, 2.75) is 44.9 Å². The normalized spacial score (nSPS) is 14.4. The van der Waals surface area contributed by atoms with Crippen molar-refractivity contribution < 1.29 is 8.42 Å². The molecule has 0 saturated heterocycles. The van der Waals surface area contributed by atoms with Crippen LogP contribution in [0.15, 0.2) is 0 Å². The summed E-state index contributed by atoms with van der Waals surface area (Å²) in [5, 5.41) is 0.136. The predicted octanol–water partition coefficient (Wildman–Crippen LogP) is 2.61. The van der Waals surface area contributed by atoms with Gasteiger partial charge in [0.2, 0.25) is 0 Å². The van der Waals surface area contributed by atoms with Gasteiger partial charge < -0.3 is 0 Å². The van der Waals surface area contributed by atoms with E-state index in [2.05, 4.69) is 0 Å². The fraction of sp³-hybridized carbons (Fsp3) is 1.00. The minimum atomic E-state index is -2.79. The minimum Gasteiger partial charge on any atom is -0.229 e. The molecule has 0 aromatic rings. The Hall–Kier alpha value is 0.240. The second kappa shape index (κ2) is 6.66. The zero-order chi connectivity index (χ0) is 10.3. The summed E-state index contributed by atoms with van der Waals surface area (Å²) < 4.78 is 22.5. The van der Waals surface area contributed by atoms with Gasteiger partial charge in [0, 0.05) is 11.1 Å². The van der Waals surface area contributed by atoms with Gasteiger partial charge in [-0.25, -0.2) is 8.42 Å². The van der Waals surface area contributed by atoms with Crippen LogP contribution in [0.1, 0.15) is 39.5 Å². The molecule has 0 aliphatic carbocycles. The fourth-order valence-electron chi connectivity index (χ4n) is 1.14. The monoisotopic (exact) mass is 226 g/mol. The van der Waals surface area contributed by atoms with E-state index in [1.807, 2.05) is 13.8 Å². The van der Waals surface area contributed by atoms with Gasteiger partial charge in [-0.3, -0.25) is 0 Å². The molecule has 0 spiro atoms. The van der Waals surface area contributed by atoms with Crippen LogP contribution in [0.3, 0.4) is 0 Å². The van der Waals surface area contributed by atoms with Crippen molar-refractivity contribution in [1.82, 2.24) is 0 Å². The Morgan fingerprint density at radius 1 is 1.23 bits per heavy atom. The molecule has 0 aliphatic rings. The van der Waals surface area contributed by atoms with E-state index in [4.69, 9.17) is 11.6 Å². The van der Waals surface area contributed by atoms with Gasteiger partial charge in [0.1, 0.15) is 9.84 Å². The van der Waals surface area contributed by atoms with Crippen molar-refractivity contribution >= 4 is 21.4 Å². The molecule has 0 saturated carbocycles. The Bertz CT molecular complexity index is 212. The van der Waals surface area contributed by atoms with Crippen LogP contribution in [0.4, 0.5) is 0 Å². The van der Waals surface area contributed by atoms with Crippen LogP contribution >= 0.6 is 11.6 Å². The van der Waals surface area contributed by atoms with Crippen LogP contribution in [0.2, 0.25) is 0 Å². The first-order chi connectivity index (χ1) is 6.02. The molecule has 0 aromatic heterocycles. The summed E-state index contributed by atoms with van der Waals surface area (Å²) in [6.07, 6.45) is 3.13. The van der Waals surface area contributed by atoms with Gasteiger partial charge in [0.25, 0.3) is 0 Å². The molecular formula is C9H19ClO2S. The molecule has 0 aromatic carbocycles. The van der Waals surface area contributed by atoms with Gasteiger partial charge in [0.05, 0.1) is 5.75 Å². The van der Waals surface area contributed by atoms with Crippen LogP contribution in [-0.2, 0) is 9.84 Å². The fourth-order valence-corrected chi connectivity index (χ4v) is 2.73. The first-order valence-corrected chi connectivity index (χ1v) is 7.12. The smallest absolute Gasteiger partial charge is 0.150 e. The van der Waals surface area contributed by atoms with E-state index in [0.717, 1.165) is 12.8 Å². The number of rotatable bonds is 7. The summed E-state index contributed by atoms with van der Waals surface area (Å²) >= 11 is 5.88. The first kappa shape index (κ1) is 13.2. The average Bonchev–Trinajstić information content (AvgIpc) is 2.03. The van der Waals surface area contributed by atoms with Crippen LogP contribution in [0.25, 0.3) is 0 Å². The van der Waals surface area contributed by atoms with Gasteiger partial charge in [-0.1, -0.05) is 13.8 Å². The molecule has 0 bridgehead atoms. The number of halogens is 1. The molecule has 0 fully saturated rings. The summed E-state index contributed by atoms with van der Waals surface area (Å²) in [6.45, 7) is 3.89. The lowest BCUT2D eigenvalue weighted by molar-refractivity contribution is 0.588. The summed E-state index contributed by atoms with van der Waals surface area (Å²) in [4.78, 5) is 0. The molecule has 4 heteroatoms. The predicted molar refractivity (Wildman–Crippen MR) is 58.1 cm³/mol. The van der Waals surface area contributed by atoms with E-state index < -0.39 is 9.84 Å². The maximum Gasteiger partial charge on any atom is 0.150 e. The van der Waals surface area contributed by atoms with Crippen molar-refractivity contribution in [3.63, 3.8) is 0 Å². The van der Waals surface area contributed by atoms with E-state index >= 15 is 0 Å². The van der Waals surface area contributed by atoms with Gasteiger partial charge in [-0.2, -0.15) is 0 Å². The van der Waals surface area contributed by atoms with E-state index in [0.29, 0.717) is 24.3 Å². The number of hydrogen-bond donors (Lipinski definition) is 0. The van der Waals surface area contributed by atoms with E-state index in [9.17, 15) is 8.42 Å². The van der Waals surface area contributed by atoms with Crippen molar-refractivity contribution in [2.75, 3.05) is 11.5 Å². The largest absolute Gasteiger partial charge is 0.229 e.